The van der Waals surface area contributed by atoms with Crippen LogP contribution >= 0.6 is 15.9 Å². The molecule has 1 aromatic carbocycles. The number of halogens is 1. The molecule has 0 aliphatic rings. The molecule has 1 atom stereocenters. The van der Waals surface area contributed by atoms with Gasteiger partial charge in [0.25, 0.3) is 0 Å². The summed E-state index contributed by atoms with van der Waals surface area (Å²) in [6.45, 7) is 4.10. The van der Waals surface area contributed by atoms with Crippen LogP contribution in [0.4, 0.5) is 0 Å². The van der Waals surface area contributed by atoms with Gasteiger partial charge in [-0.15, -0.1) is 0 Å². The molecular weight excluding hydrogens is 314 g/mol. The van der Waals surface area contributed by atoms with Gasteiger partial charge in [-0.1, -0.05) is 6.92 Å². The quantitative estimate of drug-likeness (QED) is 0.777. The van der Waals surface area contributed by atoms with Crippen LogP contribution in [0.2, 0.25) is 0 Å². The fourth-order valence-electron chi connectivity index (χ4n) is 1.35. The summed E-state index contributed by atoms with van der Waals surface area (Å²) in [7, 11) is 0. The monoisotopic (exact) mass is 329 g/mol. The number of nitrogens with two attached hydrogens (primary N) is 1. The van der Waals surface area contributed by atoms with E-state index in [1.807, 2.05) is 6.92 Å². The van der Waals surface area contributed by atoms with Crippen molar-refractivity contribution in [2.24, 2.45) is 11.7 Å². The molecule has 1 aromatic rings. The summed E-state index contributed by atoms with van der Waals surface area (Å²) in [5, 5.41) is 0. The van der Waals surface area contributed by atoms with E-state index in [1.54, 1.807) is 19.1 Å². The lowest BCUT2D eigenvalue weighted by Crippen LogP contribution is -2.26. The molecule has 0 heterocycles. The van der Waals surface area contributed by atoms with Crippen molar-refractivity contribution in [3.8, 4) is 11.5 Å². The van der Waals surface area contributed by atoms with Gasteiger partial charge in [-0.2, -0.15) is 0 Å². The number of carbonyl (C=O) groups excluding carboxylic acids is 2. The standard InChI is InChI=1S/C13H16BrNO4/c1-3-18-11-5-9(6-16)4-10(14)12(11)19-7-8(2)13(15)17/h4-6,8H,3,7H2,1-2H3,(H2,15,17). The summed E-state index contributed by atoms with van der Waals surface area (Å²) in [4.78, 5) is 21.8. The summed E-state index contributed by atoms with van der Waals surface area (Å²) in [6.07, 6.45) is 0.725. The molecule has 0 aliphatic heterocycles. The summed E-state index contributed by atoms with van der Waals surface area (Å²) in [5.74, 6) is 0.0712. The molecule has 5 nitrogen and oxygen atoms in total. The number of hydrogen-bond acceptors (Lipinski definition) is 4. The highest BCUT2D eigenvalue weighted by Gasteiger charge is 2.15. The first-order chi connectivity index (χ1) is 8.99. The Morgan fingerprint density at radius 2 is 2.16 bits per heavy atom. The molecule has 1 unspecified atom stereocenters. The summed E-state index contributed by atoms with van der Waals surface area (Å²) < 4.78 is 11.6. The normalized spacial score (nSPS) is 11.7. The molecule has 1 rings (SSSR count). The lowest BCUT2D eigenvalue weighted by molar-refractivity contribution is -0.122. The molecule has 0 radical (unpaired) electrons. The Bertz CT molecular complexity index is 476. The van der Waals surface area contributed by atoms with Crippen molar-refractivity contribution in [2.75, 3.05) is 13.2 Å². The van der Waals surface area contributed by atoms with Crippen LogP contribution in [0.15, 0.2) is 16.6 Å². The van der Waals surface area contributed by atoms with Crippen LogP contribution in [-0.4, -0.2) is 25.4 Å². The minimum Gasteiger partial charge on any atom is -0.490 e. The minimum absolute atomic E-state index is 0.147. The van der Waals surface area contributed by atoms with Crippen molar-refractivity contribution in [1.29, 1.82) is 0 Å². The number of hydrogen-bond donors (Lipinski definition) is 1. The summed E-state index contributed by atoms with van der Waals surface area (Å²) >= 11 is 3.32. The Balaban J connectivity index is 2.97. The molecule has 19 heavy (non-hydrogen) atoms. The molecule has 0 spiro atoms. The van der Waals surface area contributed by atoms with Gasteiger partial charge in [-0.05, 0) is 35.0 Å². The molecule has 0 aromatic heterocycles. The zero-order valence-electron chi connectivity index (χ0n) is 10.8. The van der Waals surface area contributed by atoms with Gasteiger partial charge in [0.1, 0.15) is 6.29 Å². The topological polar surface area (TPSA) is 78.6 Å². The first kappa shape index (κ1) is 15.5. The van der Waals surface area contributed by atoms with E-state index in [0.717, 1.165) is 6.29 Å². The highest BCUT2D eigenvalue weighted by molar-refractivity contribution is 9.10. The molecule has 0 aliphatic carbocycles. The van der Waals surface area contributed by atoms with Crippen LogP contribution < -0.4 is 15.2 Å². The van der Waals surface area contributed by atoms with Crippen molar-refractivity contribution in [3.05, 3.63) is 22.2 Å². The number of aldehydes is 1. The van der Waals surface area contributed by atoms with E-state index in [-0.39, 0.29) is 6.61 Å². The predicted octanol–water partition coefficient (Wildman–Crippen LogP) is 2.16. The number of amides is 1. The highest BCUT2D eigenvalue weighted by Crippen LogP contribution is 2.36. The molecule has 0 fully saturated rings. The lowest BCUT2D eigenvalue weighted by atomic mass is 10.2. The molecule has 6 heteroatoms. The number of ether oxygens (including phenoxy) is 2. The maximum atomic E-state index is 11.0. The van der Waals surface area contributed by atoms with Crippen LogP contribution in [-0.2, 0) is 4.79 Å². The molecule has 1 amide bonds. The van der Waals surface area contributed by atoms with Crippen molar-refractivity contribution in [1.82, 2.24) is 0 Å². The van der Waals surface area contributed by atoms with E-state index in [9.17, 15) is 9.59 Å². The molecule has 0 saturated carbocycles. The van der Waals surface area contributed by atoms with Crippen molar-refractivity contribution >= 4 is 28.1 Å². The first-order valence-corrected chi connectivity index (χ1v) is 6.62. The maximum absolute atomic E-state index is 11.0. The van der Waals surface area contributed by atoms with Crippen LogP contribution in [0.1, 0.15) is 24.2 Å². The Labute approximate surface area is 120 Å². The minimum atomic E-state index is -0.432. The Hall–Kier alpha value is -1.56. The van der Waals surface area contributed by atoms with Crippen LogP contribution in [0, 0.1) is 5.92 Å². The predicted molar refractivity (Wildman–Crippen MR) is 74.6 cm³/mol. The van der Waals surface area contributed by atoms with E-state index in [1.165, 1.54) is 0 Å². The SMILES string of the molecule is CCOc1cc(C=O)cc(Br)c1OCC(C)C(N)=O. The van der Waals surface area contributed by atoms with E-state index < -0.39 is 11.8 Å². The largest absolute Gasteiger partial charge is 0.490 e. The maximum Gasteiger partial charge on any atom is 0.223 e. The van der Waals surface area contributed by atoms with Gasteiger partial charge in [0, 0.05) is 5.56 Å². The molecule has 104 valence electrons. The van der Waals surface area contributed by atoms with Gasteiger partial charge in [-0.25, -0.2) is 0 Å². The second-order valence-electron chi connectivity index (χ2n) is 4.00. The molecular formula is C13H16BrNO4. The lowest BCUT2D eigenvalue weighted by Gasteiger charge is -2.16. The second kappa shape index (κ2) is 7.13. The number of rotatable bonds is 7. The smallest absolute Gasteiger partial charge is 0.223 e. The van der Waals surface area contributed by atoms with E-state index in [0.29, 0.717) is 28.1 Å². The third-order valence-electron chi connectivity index (χ3n) is 2.43. The summed E-state index contributed by atoms with van der Waals surface area (Å²) in [6, 6.07) is 3.21. The molecule has 2 N–H and O–H groups in total. The Kier molecular flexibility index (Phi) is 5.82. The zero-order chi connectivity index (χ0) is 14.4. The Morgan fingerprint density at radius 1 is 1.47 bits per heavy atom. The Morgan fingerprint density at radius 3 is 2.68 bits per heavy atom. The van der Waals surface area contributed by atoms with Crippen molar-refractivity contribution in [2.45, 2.75) is 13.8 Å². The van der Waals surface area contributed by atoms with Gasteiger partial charge < -0.3 is 15.2 Å². The summed E-state index contributed by atoms with van der Waals surface area (Å²) in [5.41, 5.74) is 5.65. The fourth-order valence-corrected chi connectivity index (χ4v) is 1.92. The van der Waals surface area contributed by atoms with Gasteiger partial charge in [-0.3, -0.25) is 9.59 Å². The fraction of sp³-hybridized carbons (Fsp3) is 0.385. The van der Waals surface area contributed by atoms with Gasteiger partial charge in [0.15, 0.2) is 11.5 Å². The number of benzene rings is 1. The van der Waals surface area contributed by atoms with E-state index in [2.05, 4.69) is 15.9 Å². The third kappa shape index (κ3) is 4.24. The van der Waals surface area contributed by atoms with Crippen LogP contribution in [0.25, 0.3) is 0 Å². The van der Waals surface area contributed by atoms with Crippen molar-refractivity contribution < 1.29 is 19.1 Å². The first-order valence-electron chi connectivity index (χ1n) is 5.83. The molecule has 0 saturated heterocycles. The molecule has 0 bridgehead atoms. The van der Waals surface area contributed by atoms with Gasteiger partial charge in [0.05, 0.1) is 23.6 Å². The third-order valence-corrected chi connectivity index (χ3v) is 3.02. The van der Waals surface area contributed by atoms with E-state index >= 15 is 0 Å². The number of carbonyl (C=O) groups is 2. The van der Waals surface area contributed by atoms with Crippen LogP contribution in [0.5, 0.6) is 11.5 Å². The second-order valence-corrected chi connectivity index (χ2v) is 4.85. The number of primary amides is 1. The van der Waals surface area contributed by atoms with Crippen LogP contribution in [0.3, 0.4) is 0 Å². The zero-order valence-corrected chi connectivity index (χ0v) is 12.4. The van der Waals surface area contributed by atoms with Crippen molar-refractivity contribution in [3.63, 3.8) is 0 Å². The van der Waals surface area contributed by atoms with Gasteiger partial charge >= 0.3 is 0 Å². The average Bonchev–Trinajstić information content (AvgIpc) is 2.37. The highest BCUT2D eigenvalue weighted by atomic mass is 79.9. The average molecular weight is 330 g/mol. The van der Waals surface area contributed by atoms with Gasteiger partial charge in [0.2, 0.25) is 5.91 Å². The van der Waals surface area contributed by atoms with E-state index in [4.69, 9.17) is 15.2 Å².